The molecule has 0 saturated heterocycles. The third-order valence-electron chi connectivity index (χ3n) is 1.24. The van der Waals surface area contributed by atoms with E-state index in [0.717, 1.165) is 4.90 Å². The van der Waals surface area contributed by atoms with E-state index >= 15 is 0 Å². The Morgan fingerprint density at radius 3 is 1.53 bits per heavy atom. The van der Waals surface area contributed by atoms with Crippen molar-refractivity contribution in [3.8, 4) is 0 Å². The van der Waals surface area contributed by atoms with Crippen molar-refractivity contribution in [2.75, 3.05) is 19.6 Å². The normalized spacial score (nSPS) is 9.82. The summed E-state index contributed by atoms with van der Waals surface area (Å²) in [5.74, 6) is -2.22. The van der Waals surface area contributed by atoms with Crippen LogP contribution in [-0.2, 0) is 26.7 Å². The second-order valence-corrected chi connectivity index (χ2v) is 2.81. The molecular formula is C7H19MnNO8. The number of aliphatic hydroxyl groups excluding tert-OH is 1. The zero-order valence-corrected chi connectivity index (χ0v) is 10.4. The van der Waals surface area contributed by atoms with Crippen molar-refractivity contribution in [2.45, 2.75) is 13.0 Å². The van der Waals surface area contributed by atoms with E-state index in [0.29, 0.717) is 0 Å². The summed E-state index contributed by atoms with van der Waals surface area (Å²) >= 11 is 0. The predicted octanol–water partition coefficient (Wildman–Crippen LogP) is -3.64. The second-order valence-electron chi connectivity index (χ2n) is 2.81. The van der Waals surface area contributed by atoms with Crippen molar-refractivity contribution < 1.29 is 58.4 Å². The SMILES string of the molecule is CC(O)CN(CC(=O)O)CC(=O)O.O.O.O.[Mn]. The number of carboxylic acids is 2. The van der Waals surface area contributed by atoms with Crippen molar-refractivity contribution >= 4 is 11.9 Å². The zero-order chi connectivity index (χ0) is 10.4. The molecule has 9 nitrogen and oxygen atoms in total. The molecule has 0 rings (SSSR count). The van der Waals surface area contributed by atoms with Crippen LogP contribution < -0.4 is 0 Å². The van der Waals surface area contributed by atoms with E-state index in [1.54, 1.807) is 0 Å². The molecule has 0 amide bonds. The second kappa shape index (κ2) is 15.3. The number of aliphatic hydroxyl groups is 1. The zero-order valence-electron chi connectivity index (χ0n) is 9.18. The first-order chi connectivity index (χ1) is 5.91. The average Bonchev–Trinajstić information content (AvgIpc) is 1.80. The Kier molecular flexibility index (Phi) is 26.8. The molecule has 1 unspecified atom stereocenters. The molecule has 0 bridgehead atoms. The molecule has 0 aromatic rings. The quantitative estimate of drug-likeness (QED) is 0.423. The Morgan fingerprint density at radius 2 is 1.35 bits per heavy atom. The molecule has 1 atom stereocenters. The van der Waals surface area contributed by atoms with Gasteiger partial charge in [0.15, 0.2) is 0 Å². The molecule has 0 fully saturated rings. The minimum absolute atomic E-state index is 0. The van der Waals surface area contributed by atoms with Gasteiger partial charge < -0.3 is 31.7 Å². The van der Waals surface area contributed by atoms with Gasteiger partial charge in [0.2, 0.25) is 0 Å². The molecule has 0 spiro atoms. The smallest absolute Gasteiger partial charge is 0.317 e. The van der Waals surface area contributed by atoms with E-state index in [9.17, 15) is 9.59 Å². The maximum absolute atomic E-state index is 10.3. The van der Waals surface area contributed by atoms with Crippen molar-refractivity contribution in [1.82, 2.24) is 4.90 Å². The fourth-order valence-electron chi connectivity index (χ4n) is 0.941. The molecule has 0 saturated carbocycles. The minimum atomic E-state index is -1.11. The first kappa shape index (κ1) is 29.9. The van der Waals surface area contributed by atoms with Gasteiger partial charge in [-0.2, -0.15) is 0 Å². The summed E-state index contributed by atoms with van der Waals surface area (Å²) in [6, 6.07) is 0. The Labute approximate surface area is 108 Å². The van der Waals surface area contributed by atoms with Crippen LogP contribution in [0.2, 0.25) is 0 Å². The number of hydrogen-bond donors (Lipinski definition) is 3. The van der Waals surface area contributed by atoms with Crippen molar-refractivity contribution in [1.29, 1.82) is 0 Å². The van der Waals surface area contributed by atoms with Crippen LogP contribution in [0, 0.1) is 0 Å². The molecule has 9 N–H and O–H groups in total. The van der Waals surface area contributed by atoms with Gasteiger partial charge in [-0.05, 0) is 6.92 Å². The molecule has 0 aliphatic rings. The fourth-order valence-corrected chi connectivity index (χ4v) is 0.941. The van der Waals surface area contributed by atoms with Crippen molar-refractivity contribution in [2.24, 2.45) is 0 Å². The standard InChI is InChI=1S/C7H13NO5.Mn.3H2O/c1-5(9)2-8(3-6(10)11)4-7(12)13;;;;/h5,9H,2-4H2,1H3,(H,10,11)(H,12,13);;3*1H2. The number of rotatable bonds is 6. The van der Waals surface area contributed by atoms with Crippen LogP contribution in [0.4, 0.5) is 0 Å². The van der Waals surface area contributed by atoms with Gasteiger partial charge in [0.1, 0.15) is 0 Å². The number of carboxylic acid groups (broad SMARTS) is 2. The van der Waals surface area contributed by atoms with Crippen LogP contribution in [0.15, 0.2) is 0 Å². The Hall–Kier alpha value is -0.741. The van der Waals surface area contributed by atoms with Crippen molar-refractivity contribution in [3.63, 3.8) is 0 Å². The van der Waals surface area contributed by atoms with Crippen LogP contribution in [0.3, 0.4) is 0 Å². The minimum Gasteiger partial charge on any atom is -0.480 e. The van der Waals surface area contributed by atoms with Gasteiger partial charge in [-0.1, -0.05) is 0 Å². The molecule has 1 radical (unpaired) electrons. The Morgan fingerprint density at radius 1 is 1.06 bits per heavy atom. The molecule has 0 aliphatic carbocycles. The summed E-state index contributed by atoms with van der Waals surface area (Å²) in [6.07, 6.45) is -0.737. The maximum atomic E-state index is 10.3. The first-order valence-corrected chi connectivity index (χ1v) is 3.76. The van der Waals surface area contributed by atoms with Crippen LogP contribution in [0.25, 0.3) is 0 Å². The molecule has 0 heterocycles. The number of nitrogens with zero attached hydrogens (tertiary/aromatic N) is 1. The van der Waals surface area contributed by atoms with Crippen LogP contribution in [0.1, 0.15) is 6.92 Å². The summed E-state index contributed by atoms with van der Waals surface area (Å²) in [4.78, 5) is 21.7. The van der Waals surface area contributed by atoms with E-state index in [4.69, 9.17) is 15.3 Å². The van der Waals surface area contributed by atoms with E-state index < -0.39 is 18.0 Å². The molecule has 10 heteroatoms. The van der Waals surface area contributed by atoms with E-state index in [-0.39, 0.29) is 53.1 Å². The van der Waals surface area contributed by atoms with Gasteiger partial charge >= 0.3 is 11.9 Å². The van der Waals surface area contributed by atoms with Gasteiger partial charge in [-0.25, -0.2) is 0 Å². The average molecular weight is 300 g/mol. The number of hydrogen-bond acceptors (Lipinski definition) is 4. The third kappa shape index (κ3) is 21.2. The maximum Gasteiger partial charge on any atom is 0.317 e. The van der Waals surface area contributed by atoms with E-state index in [1.807, 2.05) is 0 Å². The van der Waals surface area contributed by atoms with Gasteiger partial charge in [-0.15, -0.1) is 0 Å². The monoisotopic (exact) mass is 300 g/mol. The van der Waals surface area contributed by atoms with Crippen LogP contribution in [-0.4, -0.2) is 74.3 Å². The molecule has 107 valence electrons. The molecule has 17 heavy (non-hydrogen) atoms. The van der Waals surface area contributed by atoms with Crippen molar-refractivity contribution in [3.05, 3.63) is 0 Å². The first-order valence-electron chi connectivity index (χ1n) is 3.76. The largest absolute Gasteiger partial charge is 0.480 e. The number of carbonyl (C=O) groups is 2. The Bertz CT molecular complexity index is 184. The topological polar surface area (TPSA) is 193 Å². The molecular weight excluding hydrogens is 281 g/mol. The fraction of sp³-hybridized carbons (Fsp3) is 0.714. The predicted molar refractivity (Wildman–Crippen MR) is 54.2 cm³/mol. The van der Waals surface area contributed by atoms with E-state index in [1.165, 1.54) is 6.92 Å². The molecule has 0 aromatic carbocycles. The Balaban J connectivity index is -0.000000120. The van der Waals surface area contributed by atoms with Crippen LogP contribution >= 0.6 is 0 Å². The summed E-state index contributed by atoms with van der Waals surface area (Å²) in [7, 11) is 0. The third-order valence-corrected chi connectivity index (χ3v) is 1.24. The number of aliphatic carboxylic acids is 2. The van der Waals surface area contributed by atoms with E-state index in [2.05, 4.69) is 0 Å². The summed E-state index contributed by atoms with van der Waals surface area (Å²) in [5, 5.41) is 25.7. The summed E-state index contributed by atoms with van der Waals surface area (Å²) in [6.45, 7) is 0.754. The summed E-state index contributed by atoms with van der Waals surface area (Å²) in [5.41, 5.74) is 0. The van der Waals surface area contributed by atoms with Gasteiger partial charge in [0.05, 0.1) is 19.2 Å². The summed E-state index contributed by atoms with van der Waals surface area (Å²) < 4.78 is 0. The van der Waals surface area contributed by atoms with Gasteiger partial charge in [0, 0.05) is 23.6 Å². The molecule has 0 aliphatic heterocycles. The molecule has 0 aromatic heterocycles. The van der Waals surface area contributed by atoms with Gasteiger partial charge in [-0.3, -0.25) is 14.5 Å². The van der Waals surface area contributed by atoms with Crippen LogP contribution in [0.5, 0.6) is 0 Å². The van der Waals surface area contributed by atoms with Gasteiger partial charge in [0.25, 0.3) is 0 Å².